The quantitative estimate of drug-likeness (QED) is 0.631. The summed E-state index contributed by atoms with van der Waals surface area (Å²) in [7, 11) is 1.27. The number of carbonyl (C=O) groups is 3. The Hall–Kier alpha value is -2.87. The van der Waals surface area contributed by atoms with Crippen molar-refractivity contribution in [3.8, 4) is 0 Å². The zero-order valence-corrected chi connectivity index (χ0v) is 20.6. The SMILES string of the molecule is COC(=O)c1cc2n(n1)C[C@](C)(C(=O)NC1CCC(C)CC1)N(CCc1ccc(Cl)cc1)C2=O. The van der Waals surface area contributed by atoms with Gasteiger partial charge in [-0.1, -0.05) is 30.7 Å². The number of halogens is 1. The number of methoxy groups -OCH3 is 1. The highest BCUT2D eigenvalue weighted by Crippen LogP contribution is 2.30. The molecule has 0 radical (unpaired) electrons. The third-order valence-electron chi connectivity index (χ3n) is 7.07. The second-order valence-electron chi connectivity index (χ2n) is 9.60. The highest BCUT2D eigenvalue weighted by atomic mass is 35.5. The van der Waals surface area contributed by atoms with Crippen LogP contribution in [0.4, 0.5) is 0 Å². The summed E-state index contributed by atoms with van der Waals surface area (Å²) in [5.41, 5.74) is 0.178. The lowest BCUT2D eigenvalue weighted by Crippen LogP contribution is -2.65. The number of aromatic nitrogens is 2. The Morgan fingerprint density at radius 1 is 1.21 bits per heavy atom. The number of hydrogen-bond acceptors (Lipinski definition) is 5. The number of amides is 2. The molecule has 182 valence electrons. The molecule has 1 aromatic carbocycles. The molecule has 4 rings (SSSR count). The van der Waals surface area contributed by atoms with Crippen molar-refractivity contribution in [2.75, 3.05) is 13.7 Å². The van der Waals surface area contributed by atoms with Gasteiger partial charge in [-0.15, -0.1) is 0 Å². The molecule has 1 saturated carbocycles. The molecule has 2 heterocycles. The monoisotopic (exact) mass is 486 g/mol. The summed E-state index contributed by atoms with van der Waals surface area (Å²) < 4.78 is 6.22. The maximum atomic E-state index is 13.6. The van der Waals surface area contributed by atoms with E-state index in [0.29, 0.717) is 23.9 Å². The van der Waals surface area contributed by atoms with Gasteiger partial charge in [0.15, 0.2) is 5.69 Å². The summed E-state index contributed by atoms with van der Waals surface area (Å²) in [6.45, 7) is 4.50. The fourth-order valence-corrected chi connectivity index (χ4v) is 4.96. The van der Waals surface area contributed by atoms with E-state index in [9.17, 15) is 14.4 Å². The largest absolute Gasteiger partial charge is 0.464 e. The molecular formula is C25H31ClN4O4. The molecule has 9 heteroatoms. The van der Waals surface area contributed by atoms with Gasteiger partial charge in [-0.25, -0.2) is 4.79 Å². The Morgan fingerprint density at radius 3 is 2.53 bits per heavy atom. The Bertz CT molecular complexity index is 1080. The standard InChI is InChI=1S/C25H31ClN4O4/c1-16-4-10-19(11-5-16)27-24(33)25(2)15-30-21(14-20(28-30)23(32)34-3)22(31)29(25)13-12-17-6-8-18(26)9-7-17/h6-9,14,16,19H,4-5,10-13,15H2,1-3H3,(H,27,33)/t16?,19?,25-/m1/s1. The van der Waals surface area contributed by atoms with Crippen LogP contribution in [0.3, 0.4) is 0 Å². The molecule has 2 aromatic rings. The van der Waals surface area contributed by atoms with Crippen LogP contribution in [0.5, 0.6) is 0 Å². The third-order valence-corrected chi connectivity index (χ3v) is 7.32. The number of ether oxygens (including phenoxy) is 1. The Labute approximate surface area is 204 Å². The van der Waals surface area contributed by atoms with Crippen LogP contribution in [0.2, 0.25) is 5.02 Å². The van der Waals surface area contributed by atoms with E-state index in [1.54, 1.807) is 11.8 Å². The summed E-state index contributed by atoms with van der Waals surface area (Å²) >= 11 is 6.00. The smallest absolute Gasteiger partial charge is 0.358 e. The number of benzene rings is 1. The number of hydrogen-bond donors (Lipinski definition) is 1. The summed E-state index contributed by atoms with van der Waals surface area (Å²) in [6, 6.07) is 8.97. The molecule has 1 aliphatic carbocycles. The van der Waals surface area contributed by atoms with Gasteiger partial charge in [0.2, 0.25) is 5.91 Å². The number of carbonyl (C=O) groups excluding carboxylic acids is 3. The first-order valence-electron chi connectivity index (χ1n) is 11.7. The number of rotatable bonds is 6. The van der Waals surface area contributed by atoms with Crippen molar-refractivity contribution in [3.05, 3.63) is 52.3 Å². The Kier molecular flexibility index (Phi) is 6.98. The van der Waals surface area contributed by atoms with Crippen LogP contribution >= 0.6 is 11.6 Å². The van der Waals surface area contributed by atoms with Crippen LogP contribution in [-0.4, -0.2) is 57.7 Å². The first kappa shape index (κ1) is 24.3. The van der Waals surface area contributed by atoms with E-state index in [-0.39, 0.29) is 35.8 Å². The zero-order valence-electron chi connectivity index (χ0n) is 19.8. The number of nitrogens with zero attached hydrogens (tertiary/aromatic N) is 3. The molecule has 34 heavy (non-hydrogen) atoms. The van der Waals surface area contributed by atoms with Crippen LogP contribution in [0.25, 0.3) is 0 Å². The van der Waals surface area contributed by atoms with Crippen molar-refractivity contribution >= 4 is 29.4 Å². The first-order chi connectivity index (χ1) is 16.2. The van der Waals surface area contributed by atoms with E-state index in [4.69, 9.17) is 16.3 Å². The van der Waals surface area contributed by atoms with Crippen LogP contribution in [0, 0.1) is 5.92 Å². The van der Waals surface area contributed by atoms with Gasteiger partial charge in [0.1, 0.15) is 11.2 Å². The van der Waals surface area contributed by atoms with Gasteiger partial charge in [0.05, 0.1) is 13.7 Å². The predicted molar refractivity (Wildman–Crippen MR) is 128 cm³/mol. The van der Waals surface area contributed by atoms with Gasteiger partial charge in [-0.2, -0.15) is 5.10 Å². The number of fused-ring (bicyclic) bond motifs is 1. The summed E-state index contributed by atoms with van der Waals surface area (Å²) in [5, 5.41) is 8.11. The molecule has 1 N–H and O–H groups in total. The molecule has 0 spiro atoms. The van der Waals surface area contributed by atoms with Crippen LogP contribution in [0.1, 0.15) is 66.1 Å². The van der Waals surface area contributed by atoms with Gasteiger partial charge in [-0.3, -0.25) is 14.3 Å². The normalized spacial score (nSPS) is 24.5. The minimum absolute atomic E-state index is 0.0504. The van der Waals surface area contributed by atoms with Crippen LogP contribution in [-0.2, 0) is 22.5 Å². The van der Waals surface area contributed by atoms with Crippen molar-refractivity contribution < 1.29 is 19.1 Å². The van der Waals surface area contributed by atoms with Gasteiger partial charge in [0, 0.05) is 23.7 Å². The highest BCUT2D eigenvalue weighted by molar-refractivity contribution is 6.30. The molecule has 2 amide bonds. The minimum atomic E-state index is -1.15. The number of esters is 1. The number of nitrogens with one attached hydrogen (secondary N) is 1. The van der Waals surface area contributed by atoms with E-state index in [2.05, 4.69) is 17.3 Å². The van der Waals surface area contributed by atoms with Gasteiger partial charge in [0.25, 0.3) is 5.91 Å². The molecule has 0 unspecified atom stereocenters. The zero-order chi connectivity index (χ0) is 24.5. The van der Waals surface area contributed by atoms with Crippen molar-refractivity contribution in [1.82, 2.24) is 20.0 Å². The summed E-state index contributed by atoms with van der Waals surface area (Å²) in [6.07, 6.45) is 4.58. The molecule has 0 saturated heterocycles. The topological polar surface area (TPSA) is 93.5 Å². The van der Waals surface area contributed by atoms with Gasteiger partial charge < -0.3 is 15.0 Å². The van der Waals surface area contributed by atoms with Crippen molar-refractivity contribution in [2.45, 2.75) is 64.1 Å². The highest BCUT2D eigenvalue weighted by Gasteiger charge is 2.48. The second-order valence-corrected chi connectivity index (χ2v) is 10.0. The minimum Gasteiger partial charge on any atom is -0.464 e. The second kappa shape index (κ2) is 9.78. The molecular weight excluding hydrogens is 456 g/mol. The maximum Gasteiger partial charge on any atom is 0.358 e. The first-order valence-corrected chi connectivity index (χ1v) is 12.1. The van der Waals surface area contributed by atoms with Crippen molar-refractivity contribution in [1.29, 1.82) is 0 Å². The molecule has 1 aliphatic heterocycles. The molecule has 1 fully saturated rings. The van der Waals surface area contributed by atoms with E-state index in [0.717, 1.165) is 31.2 Å². The fourth-order valence-electron chi connectivity index (χ4n) is 4.83. The summed E-state index contributed by atoms with van der Waals surface area (Å²) in [4.78, 5) is 40.9. The average molecular weight is 487 g/mol. The van der Waals surface area contributed by atoms with Crippen molar-refractivity contribution in [3.63, 3.8) is 0 Å². The molecule has 1 atom stereocenters. The van der Waals surface area contributed by atoms with Crippen LogP contribution in [0.15, 0.2) is 30.3 Å². The summed E-state index contributed by atoms with van der Waals surface area (Å²) in [5.74, 6) is -0.487. The van der Waals surface area contributed by atoms with E-state index < -0.39 is 11.5 Å². The Morgan fingerprint density at radius 2 is 1.88 bits per heavy atom. The lowest BCUT2D eigenvalue weighted by Gasteiger charge is -2.44. The van der Waals surface area contributed by atoms with Crippen molar-refractivity contribution in [2.24, 2.45) is 5.92 Å². The van der Waals surface area contributed by atoms with Crippen LogP contribution < -0.4 is 5.32 Å². The van der Waals surface area contributed by atoms with Gasteiger partial charge >= 0.3 is 5.97 Å². The van der Waals surface area contributed by atoms with Gasteiger partial charge in [-0.05, 0) is 62.6 Å². The molecule has 0 bridgehead atoms. The van der Waals surface area contributed by atoms with E-state index in [1.807, 2.05) is 24.3 Å². The fraction of sp³-hybridized carbons (Fsp3) is 0.520. The maximum absolute atomic E-state index is 13.6. The van der Waals surface area contributed by atoms with E-state index in [1.165, 1.54) is 17.9 Å². The molecule has 1 aromatic heterocycles. The molecule has 8 nitrogen and oxygen atoms in total. The lowest BCUT2D eigenvalue weighted by molar-refractivity contribution is -0.134. The van der Waals surface area contributed by atoms with E-state index >= 15 is 0 Å². The molecule has 2 aliphatic rings. The predicted octanol–water partition coefficient (Wildman–Crippen LogP) is 3.48. The average Bonchev–Trinajstić information content (AvgIpc) is 3.25. The Balaban J connectivity index is 1.61. The lowest BCUT2D eigenvalue weighted by atomic mass is 9.86. The third kappa shape index (κ3) is 4.82.